The highest BCUT2D eigenvalue weighted by atomic mass is 32.2. The average Bonchev–Trinajstić information content (AvgIpc) is 3.37. The molecule has 0 saturated carbocycles. The molecule has 9 heteroatoms. The van der Waals surface area contributed by atoms with Gasteiger partial charge in [0.25, 0.3) is 5.22 Å². The zero-order valence-electron chi connectivity index (χ0n) is 16.5. The number of anilines is 1. The highest BCUT2D eigenvalue weighted by molar-refractivity contribution is 7.98. The van der Waals surface area contributed by atoms with Gasteiger partial charge in [-0.3, -0.25) is 4.79 Å². The molecule has 2 aromatic heterocycles. The molecule has 0 atom stereocenters. The fourth-order valence-electron chi connectivity index (χ4n) is 2.84. The Labute approximate surface area is 177 Å². The number of aryl methyl sites for hydroxylation is 2. The Morgan fingerprint density at radius 2 is 2.07 bits per heavy atom. The summed E-state index contributed by atoms with van der Waals surface area (Å²) in [4.78, 5) is 21.0. The summed E-state index contributed by atoms with van der Waals surface area (Å²) in [5.74, 6) is 1.86. The van der Waals surface area contributed by atoms with Gasteiger partial charge in [-0.2, -0.15) is 4.98 Å². The number of oxazole rings is 1. The second-order valence-electron chi connectivity index (χ2n) is 6.59. The monoisotopic (exact) mass is 424 g/mol. The summed E-state index contributed by atoms with van der Waals surface area (Å²) in [6.07, 6.45) is 0.567. The van der Waals surface area contributed by atoms with Gasteiger partial charge in [0.1, 0.15) is 11.3 Å². The minimum absolute atomic E-state index is 0.153. The van der Waals surface area contributed by atoms with Crippen LogP contribution in [-0.4, -0.2) is 28.1 Å². The van der Waals surface area contributed by atoms with Crippen molar-refractivity contribution in [3.63, 3.8) is 0 Å². The molecule has 4 rings (SSSR count). The molecule has 0 fully saturated rings. The molecular formula is C21H20N4O4S. The Morgan fingerprint density at radius 1 is 1.20 bits per heavy atom. The Hall–Kier alpha value is -3.33. The molecule has 0 saturated heterocycles. The summed E-state index contributed by atoms with van der Waals surface area (Å²) >= 11 is 1.39. The zero-order chi connectivity index (χ0) is 20.9. The lowest BCUT2D eigenvalue weighted by Crippen LogP contribution is -2.13. The number of fused-ring (bicyclic) bond motifs is 1. The second-order valence-corrected chi connectivity index (χ2v) is 7.52. The van der Waals surface area contributed by atoms with Crippen molar-refractivity contribution in [2.45, 2.75) is 30.7 Å². The number of methoxy groups -OCH3 is 1. The smallest absolute Gasteiger partial charge is 0.257 e. The SMILES string of the molecule is COc1ccc(C)cc1NC(=O)CCc1nc(CSc2nc3ccccc3o2)no1. The molecular weight excluding hydrogens is 404 g/mol. The highest BCUT2D eigenvalue weighted by Gasteiger charge is 2.13. The number of rotatable bonds is 8. The van der Waals surface area contributed by atoms with E-state index in [-0.39, 0.29) is 12.3 Å². The molecule has 8 nitrogen and oxygen atoms in total. The van der Waals surface area contributed by atoms with E-state index in [2.05, 4.69) is 20.4 Å². The zero-order valence-corrected chi connectivity index (χ0v) is 17.4. The molecule has 0 unspecified atom stereocenters. The predicted octanol–water partition coefficient (Wildman–Crippen LogP) is 4.39. The Kier molecular flexibility index (Phi) is 5.99. The molecule has 0 aliphatic rings. The van der Waals surface area contributed by atoms with Gasteiger partial charge in [0.15, 0.2) is 11.4 Å². The van der Waals surface area contributed by atoms with Gasteiger partial charge >= 0.3 is 0 Å². The molecule has 0 radical (unpaired) electrons. The number of hydrogen-bond donors (Lipinski definition) is 1. The molecule has 0 bridgehead atoms. The molecule has 154 valence electrons. The first-order valence-corrected chi connectivity index (χ1v) is 10.3. The van der Waals surface area contributed by atoms with Gasteiger partial charge in [0.2, 0.25) is 11.8 Å². The fraction of sp³-hybridized carbons (Fsp3) is 0.238. The fourth-order valence-corrected chi connectivity index (χ4v) is 3.52. The van der Waals surface area contributed by atoms with Crippen molar-refractivity contribution in [1.29, 1.82) is 0 Å². The second kappa shape index (κ2) is 9.00. The van der Waals surface area contributed by atoms with Crippen LogP contribution in [0.4, 0.5) is 5.69 Å². The van der Waals surface area contributed by atoms with E-state index in [1.165, 1.54) is 11.8 Å². The number of carbonyl (C=O) groups is 1. The minimum Gasteiger partial charge on any atom is -0.495 e. The van der Waals surface area contributed by atoms with E-state index in [0.717, 1.165) is 16.7 Å². The third-order valence-electron chi connectivity index (χ3n) is 4.30. The van der Waals surface area contributed by atoms with Crippen molar-refractivity contribution in [2.75, 3.05) is 12.4 Å². The molecule has 2 heterocycles. The van der Waals surface area contributed by atoms with Crippen LogP contribution in [0.3, 0.4) is 0 Å². The topological polar surface area (TPSA) is 103 Å². The van der Waals surface area contributed by atoms with Crippen molar-refractivity contribution in [3.8, 4) is 5.75 Å². The van der Waals surface area contributed by atoms with Gasteiger partial charge in [-0.05, 0) is 36.8 Å². The van der Waals surface area contributed by atoms with Crippen LogP contribution in [-0.2, 0) is 17.0 Å². The van der Waals surface area contributed by atoms with E-state index in [1.54, 1.807) is 7.11 Å². The Bertz CT molecular complexity index is 1140. The van der Waals surface area contributed by atoms with E-state index >= 15 is 0 Å². The third kappa shape index (κ3) is 4.80. The van der Waals surface area contributed by atoms with Crippen LogP contribution in [0.2, 0.25) is 0 Å². The maximum absolute atomic E-state index is 12.3. The molecule has 0 aliphatic heterocycles. The molecule has 1 N–H and O–H groups in total. The lowest BCUT2D eigenvalue weighted by atomic mass is 10.2. The number of carbonyl (C=O) groups excluding carboxylic acids is 1. The Balaban J connectivity index is 1.29. The van der Waals surface area contributed by atoms with Gasteiger partial charge in [-0.1, -0.05) is 35.1 Å². The van der Waals surface area contributed by atoms with Crippen LogP contribution in [0.15, 0.2) is 56.6 Å². The van der Waals surface area contributed by atoms with Gasteiger partial charge < -0.3 is 19.0 Å². The van der Waals surface area contributed by atoms with E-state index in [9.17, 15) is 4.79 Å². The summed E-state index contributed by atoms with van der Waals surface area (Å²) in [5.41, 5.74) is 3.22. The van der Waals surface area contributed by atoms with Crippen LogP contribution in [0.1, 0.15) is 23.7 Å². The number of aromatic nitrogens is 3. The number of nitrogens with one attached hydrogen (secondary N) is 1. The van der Waals surface area contributed by atoms with Crippen LogP contribution in [0.25, 0.3) is 11.1 Å². The predicted molar refractivity (Wildman–Crippen MR) is 113 cm³/mol. The van der Waals surface area contributed by atoms with Gasteiger partial charge in [0.05, 0.1) is 18.6 Å². The van der Waals surface area contributed by atoms with Crippen LogP contribution in [0, 0.1) is 6.92 Å². The van der Waals surface area contributed by atoms with E-state index in [1.807, 2.05) is 49.4 Å². The first kappa shape index (κ1) is 20.0. The van der Waals surface area contributed by atoms with E-state index < -0.39 is 0 Å². The molecule has 0 spiro atoms. The lowest BCUT2D eigenvalue weighted by Gasteiger charge is -2.10. The summed E-state index contributed by atoms with van der Waals surface area (Å²) in [7, 11) is 1.57. The van der Waals surface area contributed by atoms with Crippen molar-refractivity contribution in [1.82, 2.24) is 15.1 Å². The molecule has 30 heavy (non-hydrogen) atoms. The Morgan fingerprint density at radius 3 is 2.90 bits per heavy atom. The van der Waals surface area contributed by atoms with Gasteiger partial charge in [-0.25, -0.2) is 4.98 Å². The summed E-state index contributed by atoms with van der Waals surface area (Å²) in [6, 6.07) is 13.2. The van der Waals surface area contributed by atoms with Crippen LogP contribution < -0.4 is 10.1 Å². The number of ether oxygens (including phenoxy) is 1. The minimum atomic E-state index is -0.153. The van der Waals surface area contributed by atoms with E-state index in [0.29, 0.717) is 40.5 Å². The number of para-hydroxylation sites is 2. The summed E-state index contributed by atoms with van der Waals surface area (Å²) < 4.78 is 16.2. The van der Waals surface area contributed by atoms with Gasteiger partial charge in [0, 0.05) is 12.8 Å². The molecule has 4 aromatic rings. The number of benzene rings is 2. The largest absolute Gasteiger partial charge is 0.495 e. The maximum Gasteiger partial charge on any atom is 0.257 e. The van der Waals surface area contributed by atoms with Crippen molar-refractivity contribution in [3.05, 3.63) is 59.7 Å². The first-order valence-electron chi connectivity index (χ1n) is 9.35. The highest BCUT2D eigenvalue weighted by Crippen LogP contribution is 2.26. The number of thioether (sulfide) groups is 1. The standard InChI is InChI=1S/C21H20N4O4S/c1-13-7-8-16(27-2)15(11-13)22-19(26)9-10-20-24-18(25-29-20)12-30-21-23-14-5-3-4-6-17(14)28-21/h3-8,11H,9-10,12H2,1-2H3,(H,22,26). The van der Waals surface area contributed by atoms with Crippen molar-refractivity contribution >= 4 is 34.5 Å². The number of amides is 1. The maximum atomic E-state index is 12.3. The summed E-state index contributed by atoms with van der Waals surface area (Å²) in [6.45, 7) is 1.95. The van der Waals surface area contributed by atoms with Crippen LogP contribution in [0.5, 0.6) is 5.75 Å². The number of nitrogens with zero attached hydrogens (tertiary/aromatic N) is 3. The molecule has 0 aliphatic carbocycles. The summed E-state index contributed by atoms with van der Waals surface area (Å²) in [5, 5.41) is 7.37. The lowest BCUT2D eigenvalue weighted by molar-refractivity contribution is -0.116. The van der Waals surface area contributed by atoms with Crippen LogP contribution >= 0.6 is 11.8 Å². The van der Waals surface area contributed by atoms with Gasteiger partial charge in [-0.15, -0.1) is 0 Å². The quantitative estimate of drug-likeness (QED) is 0.415. The average molecular weight is 424 g/mol. The van der Waals surface area contributed by atoms with Crippen molar-refractivity contribution < 1.29 is 18.5 Å². The molecule has 1 amide bonds. The first-order chi connectivity index (χ1) is 14.6. The van der Waals surface area contributed by atoms with E-state index in [4.69, 9.17) is 13.7 Å². The number of hydrogen-bond acceptors (Lipinski definition) is 8. The molecule has 2 aromatic carbocycles. The normalized spacial score (nSPS) is 11.0. The van der Waals surface area contributed by atoms with Crippen molar-refractivity contribution in [2.24, 2.45) is 0 Å². The third-order valence-corrected chi connectivity index (χ3v) is 5.13.